The Labute approximate surface area is 160 Å². The Balaban J connectivity index is 1.30. The smallest absolute Gasteiger partial charge is 0.410 e. The first-order valence-electron chi connectivity index (χ1n) is 9.85. The third-order valence-electron chi connectivity index (χ3n) is 5.87. The first-order valence-corrected chi connectivity index (χ1v) is 10.7. The molecule has 1 amide bonds. The lowest BCUT2D eigenvalue weighted by Gasteiger charge is -2.37. The molecule has 3 aliphatic rings. The summed E-state index contributed by atoms with van der Waals surface area (Å²) in [7, 11) is 4.07. The second kappa shape index (κ2) is 7.44. The van der Waals surface area contributed by atoms with Crippen molar-refractivity contribution < 1.29 is 9.53 Å². The van der Waals surface area contributed by atoms with Gasteiger partial charge in [0, 0.05) is 43.9 Å². The van der Waals surface area contributed by atoms with Gasteiger partial charge in [0.15, 0.2) is 0 Å². The Morgan fingerprint density at radius 3 is 2.73 bits per heavy atom. The predicted molar refractivity (Wildman–Crippen MR) is 103 cm³/mol. The van der Waals surface area contributed by atoms with E-state index in [9.17, 15) is 4.79 Å². The summed E-state index contributed by atoms with van der Waals surface area (Å²) in [5, 5.41) is 1.27. The summed E-state index contributed by atoms with van der Waals surface area (Å²) in [6.07, 6.45) is 6.72. The summed E-state index contributed by atoms with van der Waals surface area (Å²) in [4.78, 5) is 25.1. The lowest BCUT2D eigenvalue weighted by atomic mass is 9.91. The molecule has 1 spiro atoms. The van der Waals surface area contributed by atoms with Crippen LogP contribution >= 0.6 is 11.3 Å². The summed E-state index contributed by atoms with van der Waals surface area (Å²) in [5.41, 5.74) is 1.09. The molecule has 0 unspecified atom stereocenters. The zero-order chi connectivity index (χ0) is 18.1. The summed E-state index contributed by atoms with van der Waals surface area (Å²) in [5.74, 6) is 0. The molecule has 2 fully saturated rings. The van der Waals surface area contributed by atoms with E-state index in [4.69, 9.17) is 9.72 Å². The summed E-state index contributed by atoms with van der Waals surface area (Å²) in [6.45, 7) is 5.30. The van der Waals surface area contributed by atoms with Crippen LogP contribution in [0.3, 0.4) is 0 Å². The van der Waals surface area contributed by atoms with Gasteiger partial charge in [0.2, 0.25) is 0 Å². The minimum absolute atomic E-state index is 0.132. The van der Waals surface area contributed by atoms with Crippen molar-refractivity contribution in [1.82, 2.24) is 19.7 Å². The van der Waals surface area contributed by atoms with Crippen molar-refractivity contribution in [2.24, 2.45) is 0 Å². The molecule has 2 aliphatic heterocycles. The number of hydrogen-bond acceptors (Lipinski definition) is 6. The van der Waals surface area contributed by atoms with Crippen LogP contribution in [0.15, 0.2) is 0 Å². The van der Waals surface area contributed by atoms with Crippen LogP contribution in [0.2, 0.25) is 0 Å². The lowest BCUT2D eigenvalue weighted by molar-refractivity contribution is -0.00127. The van der Waals surface area contributed by atoms with Gasteiger partial charge in [-0.3, -0.25) is 4.90 Å². The molecule has 0 radical (unpaired) electrons. The first-order chi connectivity index (χ1) is 12.5. The molecular formula is C19H30N4O2S. The molecule has 0 saturated carbocycles. The Hall–Kier alpha value is -1.18. The van der Waals surface area contributed by atoms with Gasteiger partial charge in [-0.05, 0) is 39.8 Å². The van der Waals surface area contributed by atoms with Gasteiger partial charge in [-0.1, -0.05) is 0 Å². The van der Waals surface area contributed by atoms with E-state index in [0.717, 1.165) is 58.5 Å². The largest absolute Gasteiger partial charge is 0.441 e. The number of carbonyl (C=O) groups is 1. The number of thiazole rings is 1. The Morgan fingerprint density at radius 2 is 2.00 bits per heavy atom. The third kappa shape index (κ3) is 3.89. The molecule has 1 aromatic rings. The third-order valence-corrected chi connectivity index (χ3v) is 7.02. The highest BCUT2D eigenvalue weighted by Gasteiger charge is 2.46. The van der Waals surface area contributed by atoms with Gasteiger partial charge in [-0.15, -0.1) is 11.3 Å². The van der Waals surface area contributed by atoms with Crippen LogP contribution in [0.4, 0.5) is 4.79 Å². The molecule has 6 nitrogen and oxygen atoms in total. The van der Waals surface area contributed by atoms with Crippen molar-refractivity contribution >= 4 is 17.4 Å². The predicted octanol–water partition coefficient (Wildman–Crippen LogP) is 2.37. The highest BCUT2D eigenvalue weighted by atomic mass is 32.1. The van der Waals surface area contributed by atoms with Crippen LogP contribution in [0.1, 0.15) is 41.3 Å². The Bertz CT molecular complexity index is 628. The molecule has 3 heterocycles. The van der Waals surface area contributed by atoms with Crippen molar-refractivity contribution in [3.63, 3.8) is 0 Å². The molecule has 2 saturated heterocycles. The molecule has 1 aliphatic carbocycles. The van der Waals surface area contributed by atoms with Crippen LogP contribution in [0.25, 0.3) is 0 Å². The lowest BCUT2D eigenvalue weighted by Crippen LogP contribution is -2.46. The monoisotopic (exact) mass is 378 g/mol. The van der Waals surface area contributed by atoms with Gasteiger partial charge in [0.25, 0.3) is 0 Å². The molecule has 0 atom stereocenters. The molecule has 0 bridgehead atoms. The normalized spacial score (nSPS) is 22.9. The molecule has 26 heavy (non-hydrogen) atoms. The number of aromatic nitrogens is 1. The van der Waals surface area contributed by atoms with Gasteiger partial charge in [0.05, 0.1) is 18.8 Å². The number of piperidine rings is 1. The number of nitrogens with zero attached hydrogens (tertiary/aromatic N) is 4. The van der Waals surface area contributed by atoms with Crippen LogP contribution < -0.4 is 0 Å². The zero-order valence-corrected chi connectivity index (χ0v) is 16.8. The second-order valence-electron chi connectivity index (χ2n) is 8.24. The van der Waals surface area contributed by atoms with Gasteiger partial charge in [-0.2, -0.15) is 0 Å². The highest BCUT2D eigenvalue weighted by Crippen LogP contribution is 2.34. The number of hydrogen-bond donors (Lipinski definition) is 0. The van der Waals surface area contributed by atoms with E-state index in [-0.39, 0.29) is 11.7 Å². The summed E-state index contributed by atoms with van der Waals surface area (Å²) in [6, 6.07) is 0. The first kappa shape index (κ1) is 18.2. The average Bonchev–Trinajstić information content (AvgIpc) is 3.15. The van der Waals surface area contributed by atoms with Crippen molar-refractivity contribution in [3.05, 3.63) is 15.6 Å². The maximum Gasteiger partial charge on any atom is 0.410 e. The minimum atomic E-state index is -0.262. The van der Waals surface area contributed by atoms with Crippen LogP contribution in [-0.4, -0.2) is 78.2 Å². The molecule has 0 N–H and O–H groups in total. The van der Waals surface area contributed by atoms with Gasteiger partial charge in [0.1, 0.15) is 10.6 Å². The number of aryl methyl sites for hydroxylation is 2. The Kier molecular flexibility index (Phi) is 5.21. The molecule has 0 aromatic carbocycles. The number of ether oxygens (including phenoxy) is 1. The van der Waals surface area contributed by atoms with Gasteiger partial charge >= 0.3 is 6.09 Å². The molecule has 144 valence electrons. The van der Waals surface area contributed by atoms with E-state index in [1.807, 2.05) is 30.3 Å². The van der Waals surface area contributed by atoms with Crippen molar-refractivity contribution in [3.8, 4) is 0 Å². The SMILES string of the molecule is CN(C)CCN1CC2(CCN(Cc3nc4c(s3)CCCC4)CC2)OC1=O. The topological polar surface area (TPSA) is 48.9 Å². The average molecular weight is 379 g/mol. The maximum absolute atomic E-state index is 12.2. The number of likely N-dealkylation sites (tertiary alicyclic amines) is 1. The van der Waals surface area contributed by atoms with Gasteiger partial charge in [-0.25, -0.2) is 9.78 Å². The van der Waals surface area contributed by atoms with Crippen LogP contribution in [-0.2, 0) is 24.1 Å². The minimum Gasteiger partial charge on any atom is -0.441 e. The van der Waals surface area contributed by atoms with E-state index < -0.39 is 0 Å². The van der Waals surface area contributed by atoms with Crippen molar-refractivity contribution in [2.45, 2.75) is 50.7 Å². The summed E-state index contributed by atoms with van der Waals surface area (Å²) >= 11 is 1.91. The number of rotatable bonds is 5. The fourth-order valence-corrected chi connectivity index (χ4v) is 5.43. The fraction of sp³-hybridized carbons (Fsp3) is 0.789. The molecular weight excluding hydrogens is 348 g/mol. The number of fused-ring (bicyclic) bond motifs is 1. The number of likely N-dealkylation sites (N-methyl/N-ethyl adjacent to an activating group) is 1. The van der Waals surface area contributed by atoms with Crippen molar-refractivity contribution in [2.75, 3.05) is 46.8 Å². The van der Waals surface area contributed by atoms with E-state index in [2.05, 4.69) is 9.80 Å². The quantitative estimate of drug-likeness (QED) is 0.787. The number of carbonyl (C=O) groups excluding carboxylic acids is 1. The summed E-state index contributed by atoms with van der Waals surface area (Å²) < 4.78 is 5.83. The van der Waals surface area contributed by atoms with Crippen LogP contribution in [0, 0.1) is 0 Å². The van der Waals surface area contributed by atoms with E-state index in [1.165, 1.54) is 34.8 Å². The molecule has 4 rings (SSSR count). The standard InChI is InChI=1S/C19H30N4O2S/c1-21(2)11-12-23-14-19(25-18(23)24)7-9-22(10-8-19)13-17-20-15-5-3-4-6-16(15)26-17/h3-14H2,1-2H3. The van der Waals surface area contributed by atoms with Crippen molar-refractivity contribution in [1.29, 1.82) is 0 Å². The second-order valence-corrected chi connectivity index (χ2v) is 9.40. The fourth-order valence-electron chi connectivity index (χ4n) is 4.23. The Morgan fingerprint density at radius 1 is 1.23 bits per heavy atom. The highest BCUT2D eigenvalue weighted by molar-refractivity contribution is 7.11. The van der Waals surface area contributed by atoms with E-state index >= 15 is 0 Å². The van der Waals surface area contributed by atoms with E-state index in [1.54, 1.807) is 0 Å². The van der Waals surface area contributed by atoms with Crippen LogP contribution in [0.5, 0.6) is 0 Å². The molecule has 1 aromatic heterocycles. The molecule has 7 heteroatoms. The van der Waals surface area contributed by atoms with E-state index in [0.29, 0.717) is 0 Å². The maximum atomic E-state index is 12.2. The van der Waals surface area contributed by atoms with Gasteiger partial charge < -0.3 is 14.5 Å². The number of amides is 1. The zero-order valence-electron chi connectivity index (χ0n) is 16.0.